The molecule has 0 radical (unpaired) electrons. The number of carbonyl (C=O) groups is 2. The Balaban J connectivity index is 1.43. The molecule has 0 bridgehead atoms. The normalized spacial score (nSPS) is 21.5. The molecule has 1 aromatic heterocycles. The van der Waals surface area contributed by atoms with E-state index in [1.165, 1.54) is 0 Å². The summed E-state index contributed by atoms with van der Waals surface area (Å²) < 4.78 is 4.89. The fraction of sp³-hybridized carbons (Fsp3) is 0.323. The number of amides is 2. The molecule has 0 spiro atoms. The molecule has 2 atom stereocenters. The van der Waals surface area contributed by atoms with Gasteiger partial charge in [-0.05, 0) is 67.6 Å². The molecule has 1 saturated heterocycles. The average molecular weight is 555 g/mol. The van der Waals surface area contributed by atoms with Crippen LogP contribution in [0.3, 0.4) is 0 Å². The minimum Gasteiger partial charge on any atom is -0.381 e. The number of ether oxygens (including phenoxy) is 1. The van der Waals surface area contributed by atoms with E-state index in [-0.39, 0.29) is 22.4 Å². The molecule has 0 aliphatic carbocycles. The molecule has 1 unspecified atom stereocenters. The Morgan fingerprint density at radius 3 is 2.90 bits per heavy atom. The lowest BCUT2D eigenvalue weighted by Crippen LogP contribution is -2.53. The number of nitrogens with two attached hydrogens (primary N) is 1. The van der Waals surface area contributed by atoms with Crippen LogP contribution >= 0.6 is 0 Å². The van der Waals surface area contributed by atoms with Gasteiger partial charge in [0, 0.05) is 31.5 Å². The number of likely N-dealkylation sites (tertiary alicyclic amines) is 1. The first-order chi connectivity index (χ1) is 19.9. The number of anilines is 1. The van der Waals surface area contributed by atoms with Crippen molar-refractivity contribution < 1.29 is 18.9 Å². The van der Waals surface area contributed by atoms with Crippen molar-refractivity contribution in [1.29, 1.82) is 0 Å². The SMILES string of the molecule is CCCc1ccnc(NC(=O)c2ccc(C3=NC([C@@H]4CCCN4C(=O)/C=C/COC)=C4C=NC=C[N+]34N)c(C)c2)c1. The van der Waals surface area contributed by atoms with Gasteiger partial charge >= 0.3 is 0 Å². The highest BCUT2D eigenvalue weighted by molar-refractivity contribution is 6.06. The number of methoxy groups -OCH3 is 1. The monoisotopic (exact) mass is 554 g/mol. The summed E-state index contributed by atoms with van der Waals surface area (Å²) in [5.74, 6) is 7.80. The quantitative estimate of drug-likeness (QED) is 0.276. The molecule has 10 nitrogen and oxygen atoms in total. The maximum Gasteiger partial charge on any atom is 0.265 e. The number of hydrogen-bond donors (Lipinski definition) is 2. The second-order valence-corrected chi connectivity index (χ2v) is 10.4. The van der Waals surface area contributed by atoms with Crippen molar-refractivity contribution in [3.05, 3.63) is 94.7 Å². The van der Waals surface area contributed by atoms with Crippen LogP contribution in [0.25, 0.3) is 0 Å². The van der Waals surface area contributed by atoms with E-state index in [0.717, 1.165) is 53.8 Å². The van der Waals surface area contributed by atoms with Gasteiger partial charge in [-0.3, -0.25) is 14.6 Å². The van der Waals surface area contributed by atoms with Gasteiger partial charge in [0.1, 0.15) is 17.7 Å². The lowest BCUT2D eigenvalue weighted by Gasteiger charge is -2.28. The summed E-state index contributed by atoms with van der Waals surface area (Å²) >= 11 is 0. The van der Waals surface area contributed by atoms with E-state index < -0.39 is 0 Å². The number of aryl methyl sites for hydroxylation is 2. The predicted octanol–water partition coefficient (Wildman–Crippen LogP) is 4.01. The number of nitrogens with one attached hydrogen (secondary N) is 1. The molecular formula is C31H36N7O3+. The highest BCUT2D eigenvalue weighted by atomic mass is 16.5. The summed E-state index contributed by atoms with van der Waals surface area (Å²) in [4.78, 5) is 41.6. The van der Waals surface area contributed by atoms with Gasteiger partial charge in [0.25, 0.3) is 11.7 Å². The number of pyridine rings is 1. The Morgan fingerprint density at radius 1 is 1.27 bits per heavy atom. The van der Waals surface area contributed by atoms with Crippen LogP contribution in [0.2, 0.25) is 0 Å². The number of aliphatic imine (C=N–C) groups is 2. The summed E-state index contributed by atoms with van der Waals surface area (Å²) in [6, 6.07) is 9.13. The van der Waals surface area contributed by atoms with Crippen molar-refractivity contribution in [2.24, 2.45) is 15.8 Å². The van der Waals surface area contributed by atoms with E-state index in [1.54, 1.807) is 50.1 Å². The zero-order valence-corrected chi connectivity index (χ0v) is 23.7. The Kier molecular flexibility index (Phi) is 8.34. The fourth-order valence-corrected chi connectivity index (χ4v) is 5.52. The highest BCUT2D eigenvalue weighted by Crippen LogP contribution is 2.37. The zero-order chi connectivity index (χ0) is 29.0. The van der Waals surface area contributed by atoms with Gasteiger partial charge in [-0.15, -0.1) is 4.59 Å². The van der Waals surface area contributed by atoms with Crippen molar-refractivity contribution in [3.8, 4) is 0 Å². The topological polar surface area (TPSA) is 122 Å². The average Bonchev–Trinajstić information content (AvgIpc) is 3.56. The molecule has 212 valence electrons. The van der Waals surface area contributed by atoms with Crippen LogP contribution in [0, 0.1) is 6.92 Å². The Hall–Kier alpha value is -4.25. The molecule has 3 aliphatic rings. The minimum absolute atomic E-state index is 0.0824. The maximum atomic E-state index is 13.1. The van der Waals surface area contributed by atoms with E-state index in [4.69, 9.17) is 15.6 Å². The molecule has 3 aliphatic heterocycles. The second-order valence-electron chi connectivity index (χ2n) is 10.4. The van der Waals surface area contributed by atoms with Crippen molar-refractivity contribution in [2.45, 2.75) is 45.6 Å². The molecule has 1 aromatic carbocycles. The highest BCUT2D eigenvalue weighted by Gasteiger charge is 2.48. The molecule has 0 saturated carbocycles. The van der Waals surface area contributed by atoms with Crippen LogP contribution in [0.4, 0.5) is 5.82 Å². The van der Waals surface area contributed by atoms with Gasteiger partial charge in [-0.1, -0.05) is 19.4 Å². The smallest absolute Gasteiger partial charge is 0.265 e. The Labute approximate surface area is 240 Å². The number of benzene rings is 1. The molecule has 2 amide bonds. The van der Waals surface area contributed by atoms with Crippen molar-refractivity contribution >= 4 is 29.7 Å². The van der Waals surface area contributed by atoms with E-state index in [2.05, 4.69) is 22.2 Å². The first kappa shape index (κ1) is 28.3. The van der Waals surface area contributed by atoms with Gasteiger partial charge in [0.2, 0.25) is 11.6 Å². The molecule has 41 heavy (non-hydrogen) atoms. The molecular weight excluding hydrogens is 518 g/mol. The number of amidine groups is 1. The van der Waals surface area contributed by atoms with Crippen LogP contribution in [-0.2, 0) is 16.0 Å². The van der Waals surface area contributed by atoms with Gasteiger partial charge < -0.3 is 15.0 Å². The van der Waals surface area contributed by atoms with Crippen LogP contribution < -0.4 is 11.2 Å². The van der Waals surface area contributed by atoms with Gasteiger partial charge in [0.15, 0.2) is 0 Å². The molecule has 2 aromatic rings. The van der Waals surface area contributed by atoms with Crippen molar-refractivity contribution in [1.82, 2.24) is 9.88 Å². The number of carbonyl (C=O) groups excluding carboxylic acids is 2. The first-order valence-electron chi connectivity index (χ1n) is 13.9. The van der Waals surface area contributed by atoms with Crippen molar-refractivity contribution in [2.75, 3.05) is 25.6 Å². The lowest BCUT2D eigenvalue weighted by molar-refractivity contribution is -0.750. The van der Waals surface area contributed by atoms with E-state index in [0.29, 0.717) is 30.4 Å². The summed E-state index contributed by atoms with van der Waals surface area (Å²) in [6.07, 6.45) is 13.7. The number of allylic oxidation sites excluding steroid dienone is 1. The third-order valence-electron chi connectivity index (χ3n) is 7.53. The molecule has 1 fully saturated rings. The lowest BCUT2D eigenvalue weighted by atomic mass is 10.0. The Morgan fingerprint density at radius 2 is 2.12 bits per heavy atom. The van der Waals surface area contributed by atoms with Crippen LogP contribution in [-0.4, -0.2) is 64.6 Å². The summed E-state index contributed by atoms with van der Waals surface area (Å²) in [6.45, 7) is 5.06. The number of quaternary nitrogens is 1. The third kappa shape index (κ3) is 5.67. The number of nitrogens with zero attached hydrogens (tertiary/aromatic N) is 5. The van der Waals surface area contributed by atoms with Crippen LogP contribution in [0.15, 0.2) is 82.5 Å². The first-order valence-corrected chi connectivity index (χ1v) is 13.9. The van der Waals surface area contributed by atoms with E-state index >= 15 is 0 Å². The van der Waals surface area contributed by atoms with Gasteiger partial charge in [-0.2, -0.15) is 10.8 Å². The minimum atomic E-state index is -0.239. The summed E-state index contributed by atoms with van der Waals surface area (Å²) in [5.41, 5.74) is 4.77. The molecule has 3 N–H and O–H groups in total. The van der Waals surface area contributed by atoms with Crippen LogP contribution in [0.1, 0.15) is 53.2 Å². The number of hydrogen-bond acceptors (Lipinski definition) is 7. The van der Waals surface area contributed by atoms with Crippen LogP contribution in [0.5, 0.6) is 0 Å². The largest absolute Gasteiger partial charge is 0.381 e. The molecule has 10 heteroatoms. The van der Waals surface area contributed by atoms with Gasteiger partial charge in [-0.25, -0.2) is 4.98 Å². The predicted molar refractivity (Wildman–Crippen MR) is 159 cm³/mol. The third-order valence-corrected chi connectivity index (χ3v) is 7.53. The molecule has 4 heterocycles. The number of aromatic nitrogens is 1. The summed E-state index contributed by atoms with van der Waals surface area (Å²) in [5, 5.41) is 2.91. The molecule has 5 rings (SSSR count). The van der Waals surface area contributed by atoms with Gasteiger partial charge in [0.05, 0.1) is 30.6 Å². The number of rotatable bonds is 9. The zero-order valence-electron chi connectivity index (χ0n) is 23.7. The van der Waals surface area contributed by atoms with E-state index in [1.807, 2.05) is 36.1 Å². The number of fused-ring (bicyclic) bond motifs is 1. The van der Waals surface area contributed by atoms with Crippen molar-refractivity contribution in [3.63, 3.8) is 0 Å². The fourth-order valence-electron chi connectivity index (χ4n) is 5.52. The Bertz CT molecular complexity index is 1510. The maximum absolute atomic E-state index is 13.1. The second kappa shape index (κ2) is 12.1. The standard InChI is InChI=1S/C31H35N7O3/c1-4-7-22-12-13-34-27(19-22)35-31(40)23-10-11-24(21(2)18-23)30-36-29(26-20-33-14-16-38(26,30)32)25-8-5-15-37(25)28(39)9-6-17-41-3/h6,9-14,16,18-20,25H,4-5,7-8,15,17,32H2,1-3H3/p+1/b9-6+/t25-,38?/m0/s1. The summed E-state index contributed by atoms with van der Waals surface area (Å²) in [7, 11) is 1.59. The van der Waals surface area contributed by atoms with E-state index in [9.17, 15) is 9.59 Å².